The van der Waals surface area contributed by atoms with Crippen LogP contribution in [0.2, 0.25) is 0 Å². The summed E-state index contributed by atoms with van der Waals surface area (Å²) in [6.07, 6.45) is 0. The molecule has 1 aromatic rings. The maximum atomic E-state index is 9.17. The van der Waals surface area contributed by atoms with Gasteiger partial charge >= 0.3 is 0 Å². The van der Waals surface area contributed by atoms with Gasteiger partial charge in [-0.05, 0) is 43.4 Å². The van der Waals surface area contributed by atoms with Crippen molar-refractivity contribution >= 4 is 0 Å². The predicted octanol–water partition coefficient (Wildman–Crippen LogP) is 3.67. The van der Waals surface area contributed by atoms with E-state index in [9.17, 15) is 0 Å². The summed E-state index contributed by atoms with van der Waals surface area (Å²) in [6, 6.07) is 8.42. The Morgan fingerprint density at radius 2 is 1.88 bits per heavy atom. The van der Waals surface area contributed by atoms with Gasteiger partial charge < -0.3 is 5.73 Å². The number of benzene rings is 1. The van der Waals surface area contributed by atoms with Crippen molar-refractivity contribution in [2.75, 3.05) is 0 Å². The van der Waals surface area contributed by atoms with Crippen LogP contribution in [-0.4, -0.2) is 0 Å². The fourth-order valence-corrected chi connectivity index (χ4v) is 1.81. The van der Waals surface area contributed by atoms with E-state index in [-0.39, 0.29) is 6.04 Å². The molecule has 0 saturated carbocycles. The van der Waals surface area contributed by atoms with E-state index < -0.39 is 5.41 Å². The number of hydrogen-bond donors (Lipinski definition) is 1. The lowest BCUT2D eigenvalue weighted by Crippen LogP contribution is -2.28. The molecule has 1 aromatic carbocycles. The van der Waals surface area contributed by atoms with Crippen LogP contribution in [0.15, 0.2) is 18.2 Å². The molecular weight excluding hydrogens is 208 g/mol. The highest BCUT2D eigenvalue weighted by atomic mass is 14.7. The lowest BCUT2D eigenvalue weighted by atomic mass is 9.80. The Bertz CT molecular complexity index is 439. The second-order valence-electron chi connectivity index (χ2n) is 5.58. The molecule has 1 rings (SSSR count). The summed E-state index contributed by atoms with van der Waals surface area (Å²) < 4.78 is 0. The molecule has 0 saturated heterocycles. The van der Waals surface area contributed by atoms with E-state index in [1.54, 1.807) is 0 Å². The molecule has 2 heteroatoms. The summed E-state index contributed by atoms with van der Waals surface area (Å²) in [7, 11) is 0. The van der Waals surface area contributed by atoms with Gasteiger partial charge in [0.25, 0.3) is 0 Å². The largest absolute Gasteiger partial charge is 0.323 e. The fourth-order valence-electron chi connectivity index (χ4n) is 1.81. The molecule has 0 aliphatic heterocycles. The fraction of sp³-hybridized carbons (Fsp3) is 0.533. The number of nitriles is 1. The Morgan fingerprint density at radius 3 is 2.35 bits per heavy atom. The zero-order chi connectivity index (χ0) is 13.2. The van der Waals surface area contributed by atoms with Gasteiger partial charge in [-0.1, -0.05) is 32.0 Å². The van der Waals surface area contributed by atoms with Crippen molar-refractivity contribution in [3.05, 3.63) is 34.9 Å². The van der Waals surface area contributed by atoms with E-state index in [2.05, 4.69) is 38.1 Å². The van der Waals surface area contributed by atoms with Crippen LogP contribution in [0.3, 0.4) is 0 Å². The Hall–Kier alpha value is -1.33. The van der Waals surface area contributed by atoms with Crippen molar-refractivity contribution in [1.29, 1.82) is 5.26 Å². The standard InChI is InChI=1S/C15H22N2/c1-10(2)12-7-6-11(3)13(8-12)14(17)15(4,5)9-16/h6-8,10,14H,17H2,1-5H3. The highest BCUT2D eigenvalue weighted by Crippen LogP contribution is 2.33. The Labute approximate surface area is 104 Å². The van der Waals surface area contributed by atoms with Gasteiger partial charge in [0.2, 0.25) is 0 Å². The molecule has 2 nitrogen and oxygen atoms in total. The van der Waals surface area contributed by atoms with Gasteiger partial charge in [0, 0.05) is 6.04 Å². The van der Waals surface area contributed by atoms with Crippen LogP contribution in [0.1, 0.15) is 56.3 Å². The summed E-state index contributed by atoms with van der Waals surface area (Å²) in [6.45, 7) is 10.1. The minimum Gasteiger partial charge on any atom is -0.323 e. The second-order valence-corrected chi connectivity index (χ2v) is 5.58. The molecule has 1 unspecified atom stereocenters. The molecule has 0 radical (unpaired) electrons. The van der Waals surface area contributed by atoms with Gasteiger partial charge in [0.1, 0.15) is 0 Å². The van der Waals surface area contributed by atoms with Crippen molar-refractivity contribution in [3.63, 3.8) is 0 Å². The molecule has 0 aliphatic rings. The van der Waals surface area contributed by atoms with E-state index in [1.165, 1.54) is 5.56 Å². The van der Waals surface area contributed by atoms with Gasteiger partial charge in [-0.2, -0.15) is 5.26 Å². The zero-order valence-electron chi connectivity index (χ0n) is 11.4. The number of hydrogen-bond acceptors (Lipinski definition) is 2. The summed E-state index contributed by atoms with van der Waals surface area (Å²) >= 11 is 0. The summed E-state index contributed by atoms with van der Waals surface area (Å²) in [5.74, 6) is 0.478. The number of nitrogens with two attached hydrogens (primary N) is 1. The summed E-state index contributed by atoms with van der Waals surface area (Å²) in [5.41, 5.74) is 9.21. The molecule has 2 N–H and O–H groups in total. The van der Waals surface area contributed by atoms with Gasteiger partial charge in [0.15, 0.2) is 0 Å². The SMILES string of the molecule is Cc1ccc(C(C)C)cc1C(N)C(C)(C)C#N. The van der Waals surface area contributed by atoms with E-state index in [1.807, 2.05) is 20.8 Å². The number of rotatable bonds is 3. The highest BCUT2D eigenvalue weighted by molar-refractivity contribution is 5.36. The molecule has 0 bridgehead atoms. The average molecular weight is 230 g/mol. The topological polar surface area (TPSA) is 49.8 Å². The van der Waals surface area contributed by atoms with Gasteiger partial charge in [-0.25, -0.2) is 0 Å². The first-order valence-corrected chi connectivity index (χ1v) is 6.07. The third-order valence-electron chi connectivity index (χ3n) is 3.37. The van der Waals surface area contributed by atoms with Gasteiger partial charge in [-0.3, -0.25) is 0 Å². The first-order valence-electron chi connectivity index (χ1n) is 6.07. The Kier molecular flexibility index (Phi) is 3.95. The van der Waals surface area contributed by atoms with E-state index in [0.717, 1.165) is 11.1 Å². The molecule has 0 aliphatic carbocycles. The first-order chi connectivity index (χ1) is 7.79. The zero-order valence-corrected chi connectivity index (χ0v) is 11.4. The third kappa shape index (κ3) is 2.87. The van der Waals surface area contributed by atoms with Crippen LogP contribution in [0.25, 0.3) is 0 Å². The van der Waals surface area contributed by atoms with Crippen LogP contribution in [0.4, 0.5) is 0 Å². The van der Waals surface area contributed by atoms with Crippen LogP contribution >= 0.6 is 0 Å². The van der Waals surface area contributed by atoms with E-state index >= 15 is 0 Å². The molecule has 0 amide bonds. The van der Waals surface area contributed by atoms with Crippen molar-refractivity contribution in [2.45, 2.75) is 46.6 Å². The average Bonchev–Trinajstić information content (AvgIpc) is 2.28. The Morgan fingerprint density at radius 1 is 1.29 bits per heavy atom. The Balaban J connectivity index is 3.22. The van der Waals surface area contributed by atoms with Crippen molar-refractivity contribution in [3.8, 4) is 6.07 Å². The minimum absolute atomic E-state index is 0.244. The normalized spacial score (nSPS) is 13.5. The molecule has 92 valence electrons. The van der Waals surface area contributed by atoms with Crippen molar-refractivity contribution < 1.29 is 0 Å². The van der Waals surface area contributed by atoms with Gasteiger partial charge in [0.05, 0.1) is 11.5 Å². The molecule has 0 heterocycles. The second kappa shape index (κ2) is 4.89. The summed E-state index contributed by atoms with van der Waals surface area (Å²) in [5, 5.41) is 9.17. The quantitative estimate of drug-likeness (QED) is 0.861. The summed E-state index contributed by atoms with van der Waals surface area (Å²) in [4.78, 5) is 0. The van der Waals surface area contributed by atoms with Crippen LogP contribution < -0.4 is 5.73 Å². The van der Waals surface area contributed by atoms with Crippen LogP contribution in [0.5, 0.6) is 0 Å². The van der Waals surface area contributed by atoms with E-state index in [0.29, 0.717) is 5.92 Å². The minimum atomic E-state index is -0.541. The van der Waals surface area contributed by atoms with Crippen molar-refractivity contribution in [1.82, 2.24) is 0 Å². The highest BCUT2D eigenvalue weighted by Gasteiger charge is 2.28. The van der Waals surface area contributed by atoms with E-state index in [4.69, 9.17) is 11.0 Å². The maximum absolute atomic E-state index is 9.17. The van der Waals surface area contributed by atoms with Crippen molar-refractivity contribution in [2.24, 2.45) is 11.1 Å². The molecule has 1 atom stereocenters. The molecule has 17 heavy (non-hydrogen) atoms. The first kappa shape index (κ1) is 13.7. The molecule has 0 spiro atoms. The molecule has 0 aromatic heterocycles. The maximum Gasteiger partial charge on any atom is 0.0710 e. The van der Waals surface area contributed by atoms with Crippen LogP contribution in [-0.2, 0) is 0 Å². The third-order valence-corrected chi connectivity index (χ3v) is 3.37. The lowest BCUT2D eigenvalue weighted by Gasteiger charge is -2.26. The van der Waals surface area contributed by atoms with Crippen LogP contribution in [0, 0.1) is 23.7 Å². The lowest BCUT2D eigenvalue weighted by molar-refractivity contribution is 0.392. The molecule has 0 fully saturated rings. The molecular formula is C15H22N2. The van der Waals surface area contributed by atoms with Gasteiger partial charge in [-0.15, -0.1) is 0 Å². The number of aryl methyl sites for hydroxylation is 1. The monoisotopic (exact) mass is 230 g/mol. The smallest absolute Gasteiger partial charge is 0.0710 e. The number of nitrogens with zero attached hydrogens (tertiary/aromatic N) is 1. The predicted molar refractivity (Wildman–Crippen MR) is 71.6 cm³/mol.